The highest BCUT2D eigenvalue weighted by atomic mass is 32.2. The number of nitrogens with one attached hydrogen (secondary N) is 1. The number of hydrogen-bond acceptors (Lipinski definition) is 4. The number of anilines is 1. The van der Waals surface area contributed by atoms with Crippen LogP contribution in [-0.2, 0) is 16.6 Å². The Balaban J connectivity index is 1.93. The molecule has 1 aliphatic carbocycles. The van der Waals surface area contributed by atoms with Crippen LogP contribution < -0.4 is 10.5 Å². The van der Waals surface area contributed by atoms with Gasteiger partial charge in [-0.3, -0.25) is 9.71 Å². The molecule has 1 aliphatic rings. The lowest BCUT2D eigenvalue weighted by molar-refractivity contribution is 0.600. The number of pyridine rings is 1. The maximum absolute atomic E-state index is 12.5. The van der Waals surface area contributed by atoms with Gasteiger partial charge >= 0.3 is 0 Å². The zero-order chi connectivity index (χ0) is 15.0. The van der Waals surface area contributed by atoms with Gasteiger partial charge in [0.2, 0.25) is 0 Å². The third-order valence-electron chi connectivity index (χ3n) is 3.62. The minimum atomic E-state index is -3.62. The van der Waals surface area contributed by atoms with E-state index in [0.717, 1.165) is 18.5 Å². The molecule has 0 spiro atoms. The molecule has 1 fully saturated rings. The van der Waals surface area contributed by atoms with Crippen molar-refractivity contribution in [2.75, 3.05) is 4.72 Å². The molecule has 2 heterocycles. The topological polar surface area (TPSA) is 90.0 Å². The van der Waals surface area contributed by atoms with Crippen molar-refractivity contribution in [2.24, 2.45) is 5.73 Å². The van der Waals surface area contributed by atoms with E-state index >= 15 is 0 Å². The van der Waals surface area contributed by atoms with Gasteiger partial charge in [-0.25, -0.2) is 8.42 Å². The summed E-state index contributed by atoms with van der Waals surface area (Å²) in [6, 6.07) is 5.44. The quantitative estimate of drug-likeness (QED) is 0.881. The van der Waals surface area contributed by atoms with E-state index in [1.807, 2.05) is 4.57 Å². The summed E-state index contributed by atoms with van der Waals surface area (Å²) in [7, 11) is -3.62. The van der Waals surface area contributed by atoms with E-state index < -0.39 is 10.0 Å². The Labute approximate surface area is 124 Å². The number of aryl methyl sites for hydroxylation is 1. The van der Waals surface area contributed by atoms with E-state index in [9.17, 15) is 8.42 Å². The summed E-state index contributed by atoms with van der Waals surface area (Å²) in [5.74, 6) is 0. The fourth-order valence-corrected chi connectivity index (χ4v) is 3.46. The van der Waals surface area contributed by atoms with Gasteiger partial charge in [-0.2, -0.15) is 0 Å². The largest absolute Gasteiger partial charge is 0.346 e. The molecule has 1 saturated carbocycles. The summed E-state index contributed by atoms with van der Waals surface area (Å²) in [5.41, 5.74) is 7.68. The van der Waals surface area contributed by atoms with E-state index in [-0.39, 0.29) is 4.90 Å². The molecule has 7 heteroatoms. The summed E-state index contributed by atoms with van der Waals surface area (Å²) in [6.45, 7) is 2.09. The molecule has 0 bridgehead atoms. The lowest BCUT2D eigenvalue weighted by Crippen LogP contribution is -2.13. The average molecular weight is 306 g/mol. The molecule has 0 saturated heterocycles. The van der Waals surface area contributed by atoms with Crippen molar-refractivity contribution in [3.63, 3.8) is 0 Å². The van der Waals surface area contributed by atoms with Crippen LogP contribution in [0.5, 0.6) is 0 Å². The molecular weight excluding hydrogens is 288 g/mol. The molecule has 0 aliphatic heterocycles. The van der Waals surface area contributed by atoms with Crippen molar-refractivity contribution >= 4 is 15.7 Å². The van der Waals surface area contributed by atoms with Gasteiger partial charge in [-0.15, -0.1) is 0 Å². The van der Waals surface area contributed by atoms with Gasteiger partial charge in [0.05, 0.1) is 11.4 Å². The third-order valence-corrected chi connectivity index (χ3v) is 4.95. The van der Waals surface area contributed by atoms with Crippen LogP contribution in [0.25, 0.3) is 0 Å². The van der Waals surface area contributed by atoms with Gasteiger partial charge in [0.1, 0.15) is 4.90 Å². The smallest absolute Gasteiger partial charge is 0.263 e. The van der Waals surface area contributed by atoms with Crippen LogP contribution in [0.1, 0.15) is 30.3 Å². The molecule has 0 amide bonds. The highest BCUT2D eigenvalue weighted by Gasteiger charge is 2.28. The molecule has 3 N–H and O–H groups in total. The van der Waals surface area contributed by atoms with Crippen LogP contribution in [0, 0.1) is 6.92 Å². The van der Waals surface area contributed by atoms with Gasteiger partial charge in [-0.05, 0) is 38.0 Å². The van der Waals surface area contributed by atoms with Crippen molar-refractivity contribution in [1.82, 2.24) is 9.55 Å². The monoisotopic (exact) mass is 306 g/mol. The summed E-state index contributed by atoms with van der Waals surface area (Å²) in [5, 5.41) is 0. The van der Waals surface area contributed by atoms with Crippen molar-refractivity contribution in [3.05, 3.63) is 42.0 Å². The fraction of sp³-hybridized carbons (Fsp3) is 0.357. The van der Waals surface area contributed by atoms with Crippen LogP contribution in [0.15, 0.2) is 35.5 Å². The predicted molar refractivity (Wildman–Crippen MR) is 80.4 cm³/mol. The molecule has 112 valence electrons. The zero-order valence-corrected chi connectivity index (χ0v) is 12.6. The van der Waals surface area contributed by atoms with E-state index in [1.54, 1.807) is 37.5 Å². The van der Waals surface area contributed by atoms with Crippen LogP contribution in [0.3, 0.4) is 0 Å². The van der Waals surface area contributed by atoms with Gasteiger partial charge in [0.15, 0.2) is 0 Å². The van der Waals surface area contributed by atoms with Gasteiger partial charge < -0.3 is 10.3 Å². The molecule has 0 radical (unpaired) electrons. The standard InChI is InChI=1S/C14H18N4O2S/c1-10-14(3-2-6-16-10)17-21(19,20)13-7-12(8-15)18(9-13)11-4-5-11/h2-3,6-7,9,11,17H,4-5,8,15H2,1H3. The highest BCUT2D eigenvalue weighted by Crippen LogP contribution is 2.37. The number of sulfonamides is 1. The number of hydrogen-bond donors (Lipinski definition) is 2. The first-order valence-electron chi connectivity index (χ1n) is 6.86. The fourth-order valence-electron chi connectivity index (χ4n) is 2.30. The Morgan fingerprint density at radius 3 is 2.86 bits per heavy atom. The first kappa shape index (κ1) is 14.1. The summed E-state index contributed by atoms with van der Waals surface area (Å²) >= 11 is 0. The second-order valence-corrected chi connectivity index (χ2v) is 6.93. The van der Waals surface area contributed by atoms with E-state index in [4.69, 9.17) is 5.73 Å². The first-order chi connectivity index (χ1) is 10.0. The third kappa shape index (κ3) is 2.79. The lowest BCUT2D eigenvalue weighted by atomic mass is 10.3. The van der Waals surface area contributed by atoms with Gasteiger partial charge in [-0.1, -0.05) is 0 Å². The van der Waals surface area contributed by atoms with Crippen molar-refractivity contribution in [2.45, 2.75) is 37.2 Å². The van der Waals surface area contributed by atoms with Crippen LogP contribution in [0.4, 0.5) is 5.69 Å². The van der Waals surface area contributed by atoms with Crippen molar-refractivity contribution in [1.29, 1.82) is 0 Å². The highest BCUT2D eigenvalue weighted by molar-refractivity contribution is 7.92. The number of nitrogens with zero attached hydrogens (tertiary/aromatic N) is 2. The Hall–Kier alpha value is -1.86. The normalized spacial score (nSPS) is 15.1. The summed E-state index contributed by atoms with van der Waals surface area (Å²) < 4.78 is 29.5. The molecule has 21 heavy (non-hydrogen) atoms. The zero-order valence-electron chi connectivity index (χ0n) is 11.8. The van der Waals surface area contributed by atoms with Gasteiger partial charge in [0, 0.05) is 30.7 Å². The Morgan fingerprint density at radius 1 is 1.48 bits per heavy atom. The molecule has 3 rings (SSSR count). The lowest BCUT2D eigenvalue weighted by Gasteiger charge is -2.08. The Bertz CT molecular complexity index is 763. The molecule has 2 aromatic heterocycles. The number of nitrogens with two attached hydrogens (primary N) is 1. The van der Waals surface area contributed by atoms with Crippen molar-refractivity contribution in [3.8, 4) is 0 Å². The second kappa shape index (κ2) is 5.16. The Morgan fingerprint density at radius 2 is 2.24 bits per heavy atom. The SMILES string of the molecule is Cc1ncccc1NS(=O)(=O)c1cc(CN)n(C2CC2)c1. The Kier molecular flexibility index (Phi) is 3.46. The summed E-state index contributed by atoms with van der Waals surface area (Å²) in [4.78, 5) is 4.33. The van der Waals surface area contributed by atoms with E-state index in [0.29, 0.717) is 24.0 Å². The van der Waals surface area contributed by atoms with Crippen LogP contribution in [-0.4, -0.2) is 18.0 Å². The van der Waals surface area contributed by atoms with E-state index in [1.165, 1.54) is 0 Å². The maximum atomic E-state index is 12.5. The maximum Gasteiger partial charge on any atom is 0.263 e. The minimum absolute atomic E-state index is 0.248. The second-order valence-electron chi connectivity index (χ2n) is 5.25. The average Bonchev–Trinajstić information content (AvgIpc) is 3.19. The number of aromatic nitrogens is 2. The molecule has 0 unspecified atom stereocenters. The molecule has 6 nitrogen and oxygen atoms in total. The first-order valence-corrected chi connectivity index (χ1v) is 8.35. The minimum Gasteiger partial charge on any atom is -0.346 e. The van der Waals surface area contributed by atoms with Crippen LogP contribution in [0.2, 0.25) is 0 Å². The molecule has 0 atom stereocenters. The molecular formula is C14H18N4O2S. The summed E-state index contributed by atoms with van der Waals surface area (Å²) in [6.07, 6.45) is 5.46. The van der Waals surface area contributed by atoms with Crippen LogP contribution >= 0.6 is 0 Å². The van der Waals surface area contributed by atoms with Crippen molar-refractivity contribution < 1.29 is 8.42 Å². The predicted octanol–water partition coefficient (Wildman–Crippen LogP) is 1.79. The van der Waals surface area contributed by atoms with Gasteiger partial charge in [0.25, 0.3) is 10.0 Å². The van der Waals surface area contributed by atoms with E-state index in [2.05, 4.69) is 9.71 Å². The molecule has 0 aromatic carbocycles. The molecule has 2 aromatic rings. The number of rotatable bonds is 5.